The van der Waals surface area contributed by atoms with Gasteiger partial charge in [0, 0.05) is 7.05 Å². The van der Waals surface area contributed by atoms with Crippen molar-refractivity contribution >= 4 is 6.29 Å². The standard InChI is InChI=1S/C21H24N2O/c1-15-6-4-7-17(12-15)18-8-5-9-20(13-18)21(14-24,19-10-11-19)23-16(2)22-3/h4-9,12-14,19,22-23H,2,10-11H2,1,3H3. The van der Waals surface area contributed by atoms with Gasteiger partial charge in [-0.05, 0) is 48.4 Å². The molecular weight excluding hydrogens is 296 g/mol. The molecule has 1 atom stereocenters. The summed E-state index contributed by atoms with van der Waals surface area (Å²) in [5.74, 6) is 0.975. The second-order valence-electron chi connectivity index (χ2n) is 6.56. The predicted molar refractivity (Wildman–Crippen MR) is 98.4 cm³/mol. The highest BCUT2D eigenvalue weighted by Crippen LogP contribution is 2.45. The van der Waals surface area contributed by atoms with Crippen LogP contribution >= 0.6 is 0 Å². The second-order valence-corrected chi connectivity index (χ2v) is 6.56. The van der Waals surface area contributed by atoms with Gasteiger partial charge in [-0.25, -0.2) is 0 Å². The SMILES string of the molecule is C=C(NC)NC(C=O)(c1cccc(-c2cccc(C)c2)c1)C1CC1. The molecule has 2 N–H and O–H groups in total. The summed E-state index contributed by atoms with van der Waals surface area (Å²) in [6, 6.07) is 16.7. The lowest BCUT2D eigenvalue weighted by Gasteiger charge is -2.32. The molecule has 3 heteroatoms. The van der Waals surface area contributed by atoms with Crippen LogP contribution < -0.4 is 10.6 Å². The lowest BCUT2D eigenvalue weighted by atomic mass is 9.84. The van der Waals surface area contributed by atoms with Crippen LogP contribution in [0.25, 0.3) is 11.1 Å². The van der Waals surface area contributed by atoms with Crippen LogP contribution in [0.1, 0.15) is 24.0 Å². The van der Waals surface area contributed by atoms with Gasteiger partial charge in [-0.2, -0.15) is 0 Å². The third-order valence-corrected chi connectivity index (χ3v) is 4.76. The molecule has 124 valence electrons. The normalized spacial score (nSPS) is 16.1. The first kappa shape index (κ1) is 16.3. The maximum atomic E-state index is 12.1. The van der Waals surface area contributed by atoms with E-state index in [4.69, 9.17) is 0 Å². The number of nitrogens with one attached hydrogen (secondary N) is 2. The fourth-order valence-electron chi connectivity index (χ4n) is 3.24. The third kappa shape index (κ3) is 3.07. The molecule has 1 saturated carbocycles. The summed E-state index contributed by atoms with van der Waals surface area (Å²) >= 11 is 0. The van der Waals surface area contributed by atoms with Crippen LogP contribution in [0, 0.1) is 12.8 Å². The van der Waals surface area contributed by atoms with Gasteiger partial charge in [0.2, 0.25) is 0 Å². The molecule has 24 heavy (non-hydrogen) atoms. The Bertz CT molecular complexity index is 764. The molecule has 1 aliphatic rings. The number of carbonyl (C=O) groups is 1. The van der Waals surface area contributed by atoms with Crippen molar-refractivity contribution in [2.75, 3.05) is 7.05 Å². The van der Waals surface area contributed by atoms with Crippen molar-refractivity contribution in [3.05, 3.63) is 72.1 Å². The van der Waals surface area contributed by atoms with Gasteiger partial charge in [-0.3, -0.25) is 0 Å². The van der Waals surface area contributed by atoms with E-state index in [0.29, 0.717) is 11.7 Å². The molecule has 1 aliphatic carbocycles. The number of rotatable bonds is 7. The van der Waals surface area contributed by atoms with Crippen LogP contribution in [0.3, 0.4) is 0 Å². The van der Waals surface area contributed by atoms with Crippen LogP contribution in [0.15, 0.2) is 60.9 Å². The van der Waals surface area contributed by atoms with E-state index in [1.807, 2.05) is 12.1 Å². The summed E-state index contributed by atoms with van der Waals surface area (Å²) in [4.78, 5) is 12.1. The van der Waals surface area contributed by atoms with E-state index >= 15 is 0 Å². The Hall–Kier alpha value is -2.55. The molecule has 0 aromatic heterocycles. The van der Waals surface area contributed by atoms with Crippen LogP contribution in [0.5, 0.6) is 0 Å². The van der Waals surface area contributed by atoms with Gasteiger partial charge >= 0.3 is 0 Å². The fraction of sp³-hybridized carbons (Fsp3) is 0.286. The summed E-state index contributed by atoms with van der Waals surface area (Å²) in [5.41, 5.74) is 3.80. The fourth-order valence-corrected chi connectivity index (χ4v) is 3.24. The van der Waals surface area contributed by atoms with Gasteiger partial charge in [0.1, 0.15) is 11.8 Å². The number of hydrogen-bond acceptors (Lipinski definition) is 3. The number of aryl methyl sites for hydroxylation is 1. The lowest BCUT2D eigenvalue weighted by molar-refractivity contribution is -0.114. The lowest BCUT2D eigenvalue weighted by Crippen LogP contribution is -2.47. The highest BCUT2D eigenvalue weighted by atomic mass is 16.1. The largest absolute Gasteiger partial charge is 0.375 e. The Morgan fingerprint density at radius 3 is 2.42 bits per heavy atom. The molecule has 0 aliphatic heterocycles. The highest BCUT2D eigenvalue weighted by molar-refractivity contribution is 5.73. The van der Waals surface area contributed by atoms with Gasteiger partial charge in [0.05, 0.1) is 5.82 Å². The average Bonchev–Trinajstić information content (AvgIpc) is 3.45. The molecule has 3 nitrogen and oxygen atoms in total. The van der Waals surface area contributed by atoms with Crippen molar-refractivity contribution in [1.82, 2.24) is 10.6 Å². The molecule has 0 saturated heterocycles. The third-order valence-electron chi connectivity index (χ3n) is 4.76. The first-order valence-corrected chi connectivity index (χ1v) is 8.38. The van der Waals surface area contributed by atoms with Crippen molar-refractivity contribution in [2.24, 2.45) is 5.92 Å². The van der Waals surface area contributed by atoms with Crippen molar-refractivity contribution in [2.45, 2.75) is 25.3 Å². The Morgan fingerprint density at radius 1 is 1.17 bits per heavy atom. The van der Waals surface area contributed by atoms with Gasteiger partial charge < -0.3 is 15.4 Å². The van der Waals surface area contributed by atoms with Crippen molar-refractivity contribution in [1.29, 1.82) is 0 Å². The first-order chi connectivity index (χ1) is 11.6. The van der Waals surface area contributed by atoms with E-state index in [9.17, 15) is 4.79 Å². The van der Waals surface area contributed by atoms with Gasteiger partial charge in [-0.1, -0.05) is 54.6 Å². The quantitative estimate of drug-likeness (QED) is 0.764. The minimum absolute atomic E-state index is 0.313. The van der Waals surface area contributed by atoms with E-state index in [1.165, 1.54) is 11.1 Å². The molecule has 2 aromatic rings. The summed E-state index contributed by atoms with van der Waals surface area (Å²) in [6.45, 7) is 6.04. The van der Waals surface area contributed by atoms with Crippen LogP contribution in [-0.4, -0.2) is 13.3 Å². The van der Waals surface area contributed by atoms with E-state index in [0.717, 1.165) is 30.3 Å². The van der Waals surface area contributed by atoms with Crippen molar-refractivity contribution in [3.63, 3.8) is 0 Å². The molecule has 1 unspecified atom stereocenters. The molecule has 1 fully saturated rings. The van der Waals surface area contributed by atoms with E-state index in [-0.39, 0.29) is 0 Å². The maximum Gasteiger partial charge on any atom is 0.150 e. The minimum atomic E-state index is -0.708. The van der Waals surface area contributed by atoms with Gasteiger partial charge in [0.25, 0.3) is 0 Å². The Labute approximate surface area is 143 Å². The molecule has 0 amide bonds. The minimum Gasteiger partial charge on any atom is -0.375 e. The number of benzene rings is 2. The van der Waals surface area contributed by atoms with Crippen LogP contribution in [0.4, 0.5) is 0 Å². The van der Waals surface area contributed by atoms with Crippen molar-refractivity contribution in [3.8, 4) is 11.1 Å². The zero-order chi connectivity index (χ0) is 17.2. The Morgan fingerprint density at radius 2 is 1.83 bits per heavy atom. The first-order valence-electron chi connectivity index (χ1n) is 8.38. The molecule has 0 radical (unpaired) electrons. The summed E-state index contributed by atoms with van der Waals surface area (Å²) < 4.78 is 0. The summed E-state index contributed by atoms with van der Waals surface area (Å²) in [7, 11) is 1.81. The second kappa shape index (κ2) is 6.52. The maximum absolute atomic E-state index is 12.1. The van der Waals surface area contributed by atoms with E-state index in [1.54, 1.807) is 7.05 Å². The average molecular weight is 320 g/mol. The predicted octanol–water partition coefficient (Wildman–Crippen LogP) is 3.75. The number of aldehydes is 1. The zero-order valence-electron chi connectivity index (χ0n) is 14.3. The molecule has 0 bridgehead atoms. The summed E-state index contributed by atoms with van der Waals surface area (Å²) in [6.07, 6.45) is 3.15. The number of carbonyl (C=O) groups excluding carboxylic acids is 1. The van der Waals surface area contributed by atoms with Gasteiger partial charge in [-0.15, -0.1) is 0 Å². The molecule has 2 aromatic carbocycles. The topological polar surface area (TPSA) is 41.1 Å². The smallest absolute Gasteiger partial charge is 0.150 e. The molecule has 3 rings (SSSR count). The summed E-state index contributed by atoms with van der Waals surface area (Å²) in [5, 5.41) is 6.32. The number of hydrogen-bond donors (Lipinski definition) is 2. The molecular formula is C21H24N2O. The van der Waals surface area contributed by atoms with Gasteiger partial charge in [0.15, 0.2) is 0 Å². The van der Waals surface area contributed by atoms with Crippen LogP contribution in [0.2, 0.25) is 0 Å². The molecule has 0 spiro atoms. The van der Waals surface area contributed by atoms with E-state index in [2.05, 4.69) is 60.5 Å². The van der Waals surface area contributed by atoms with Crippen LogP contribution in [-0.2, 0) is 10.3 Å². The van der Waals surface area contributed by atoms with E-state index < -0.39 is 5.54 Å². The Kier molecular flexibility index (Phi) is 4.43. The Balaban J connectivity index is 2.04. The molecule has 0 heterocycles. The van der Waals surface area contributed by atoms with Crippen molar-refractivity contribution < 1.29 is 4.79 Å². The zero-order valence-corrected chi connectivity index (χ0v) is 14.3. The highest BCUT2D eigenvalue weighted by Gasteiger charge is 2.47. The monoisotopic (exact) mass is 320 g/mol.